The van der Waals surface area contributed by atoms with Crippen LogP contribution in [0.1, 0.15) is 11.1 Å². The second kappa shape index (κ2) is 6.47. The largest absolute Gasteiger partial charge is 0.489 e. The minimum Gasteiger partial charge on any atom is -0.489 e. The lowest BCUT2D eigenvalue weighted by Crippen LogP contribution is -1.97. The van der Waals surface area contributed by atoms with Crippen LogP contribution in [0.5, 0.6) is 5.75 Å². The van der Waals surface area contributed by atoms with E-state index in [2.05, 4.69) is 18.3 Å². The molecule has 0 amide bonds. The van der Waals surface area contributed by atoms with Gasteiger partial charge in [0, 0.05) is 5.56 Å². The van der Waals surface area contributed by atoms with Crippen molar-refractivity contribution in [3.05, 3.63) is 70.3 Å². The number of hydrogen-bond acceptors (Lipinski definition) is 4. The van der Waals surface area contributed by atoms with Crippen LogP contribution in [0, 0.1) is 10.1 Å². The number of rotatable bonds is 6. The van der Waals surface area contributed by atoms with Crippen molar-refractivity contribution in [2.45, 2.75) is 6.61 Å². The summed E-state index contributed by atoms with van der Waals surface area (Å²) in [6.45, 7) is 7.33. The number of nitro benzene ring substituents is 1. The summed E-state index contributed by atoms with van der Waals surface area (Å²) in [4.78, 5) is 14.3. The van der Waals surface area contributed by atoms with Crippen molar-refractivity contribution in [2.24, 2.45) is 4.99 Å². The Bertz CT molecular complexity index is 681. The highest BCUT2D eigenvalue weighted by molar-refractivity contribution is 5.75. The van der Waals surface area contributed by atoms with Crippen molar-refractivity contribution in [3.63, 3.8) is 0 Å². The Hall–Kier alpha value is -2.95. The third-order valence-electron chi connectivity index (χ3n) is 2.92. The van der Waals surface area contributed by atoms with Crippen LogP contribution in [0.3, 0.4) is 0 Å². The normalized spacial score (nSPS) is 9.90. The van der Waals surface area contributed by atoms with Gasteiger partial charge >= 0.3 is 0 Å². The minimum atomic E-state index is -0.508. The highest BCUT2D eigenvalue weighted by Gasteiger charge is 2.18. The Kier molecular flexibility index (Phi) is 4.46. The fourth-order valence-corrected chi connectivity index (χ4v) is 1.91. The molecule has 0 bridgehead atoms. The smallest absolute Gasteiger partial charge is 0.299 e. The maximum atomic E-state index is 11.1. The number of aliphatic imine (C=N–C) groups is 1. The number of nitro groups is 1. The molecule has 0 spiro atoms. The van der Waals surface area contributed by atoms with Crippen LogP contribution >= 0.6 is 0 Å². The lowest BCUT2D eigenvalue weighted by Gasteiger charge is -2.09. The van der Waals surface area contributed by atoms with Crippen molar-refractivity contribution in [2.75, 3.05) is 0 Å². The van der Waals surface area contributed by atoms with E-state index in [-0.39, 0.29) is 11.4 Å². The van der Waals surface area contributed by atoms with Gasteiger partial charge in [0.25, 0.3) is 5.69 Å². The minimum absolute atomic E-state index is 0.148. The average Bonchev–Trinajstić information content (AvgIpc) is 2.52. The number of ether oxygens (including phenoxy) is 1. The maximum Gasteiger partial charge on any atom is 0.299 e. The Balaban J connectivity index is 2.32. The molecule has 0 unspecified atom stereocenters. The third-order valence-corrected chi connectivity index (χ3v) is 2.92. The van der Waals surface area contributed by atoms with E-state index in [4.69, 9.17) is 4.74 Å². The summed E-state index contributed by atoms with van der Waals surface area (Å²) < 4.78 is 5.61. The highest BCUT2D eigenvalue weighted by Crippen LogP contribution is 2.36. The van der Waals surface area contributed by atoms with Gasteiger partial charge in [-0.1, -0.05) is 43.0 Å². The third kappa shape index (κ3) is 3.33. The quantitative estimate of drug-likeness (QED) is 0.454. The van der Waals surface area contributed by atoms with Crippen molar-refractivity contribution in [1.29, 1.82) is 0 Å². The first-order chi connectivity index (χ1) is 10.2. The Labute approximate surface area is 122 Å². The molecule has 0 fully saturated rings. The molecule has 0 heterocycles. The SMILES string of the molecule is C=Cc1cc(OCc2ccccc2)cc([N+](=O)[O-])c1N=C. The van der Waals surface area contributed by atoms with Crippen LogP contribution in [0.4, 0.5) is 11.4 Å². The molecule has 2 aromatic carbocycles. The van der Waals surface area contributed by atoms with E-state index in [0.29, 0.717) is 17.9 Å². The van der Waals surface area contributed by atoms with Crippen molar-refractivity contribution in [1.82, 2.24) is 0 Å². The molecule has 21 heavy (non-hydrogen) atoms. The van der Waals surface area contributed by atoms with Crippen LogP contribution in [0.25, 0.3) is 6.08 Å². The van der Waals surface area contributed by atoms with Crippen LogP contribution in [-0.4, -0.2) is 11.6 Å². The second-order valence-corrected chi connectivity index (χ2v) is 4.27. The highest BCUT2D eigenvalue weighted by atomic mass is 16.6. The lowest BCUT2D eigenvalue weighted by atomic mass is 10.1. The molecule has 0 saturated heterocycles. The fraction of sp³-hybridized carbons (Fsp3) is 0.0625. The molecule has 0 aliphatic rings. The molecule has 0 aliphatic heterocycles. The van der Waals surface area contributed by atoms with Gasteiger partial charge < -0.3 is 4.74 Å². The number of nitrogens with zero attached hydrogens (tertiary/aromatic N) is 2. The molecule has 5 heteroatoms. The lowest BCUT2D eigenvalue weighted by molar-refractivity contribution is -0.384. The first kappa shape index (κ1) is 14.5. The molecule has 0 aromatic heterocycles. The van der Waals surface area contributed by atoms with E-state index in [1.807, 2.05) is 30.3 Å². The van der Waals surface area contributed by atoms with E-state index in [1.165, 1.54) is 12.1 Å². The Morgan fingerprint density at radius 2 is 2.00 bits per heavy atom. The standard InChI is InChI=1S/C16H14N2O3/c1-3-13-9-14(10-15(18(19)20)16(13)17-2)21-11-12-7-5-4-6-8-12/h3-10H,1-2,11H2. The average molecular weight is 282 g/mol. The van der Waals surface area contributed by atoms with Crippen molar-refractivity contribution < 1.29 is 9.66 Å². The van der Waals surface area contributed by atoms with Crippen molar-refractivity contribution >= 4 is 24.2 Å². The fourth-order valence-electron chi connectivity index (χ4n) is 1.91. The second-order valence-electron chi connectivity index (χ2n) is 4.27. The molecule has 0 aliphatic carbocycles. The summed E-state index contributed by atoms with van der Waals surface area (Å²) in [5.41, 5.74) is 1.54. The first-order valence-corrected chi connectivity index (χ1v) is 6.24. The van der Waals surface area contributed by atoms with E-state index in [9.17, 15) is 10.1 Å². The molecule has 106 valence electrons. The van der Waals surface area contributed by atoms with Crippen LogP contribution in [0.15, 0.2) is 54.0 Å². The van der Waals surface area contributed by atoms with Gasteiger partial charge in [0.15, 0.2) is 0 Å². The molecular formula is C16H14N2O3. The van der Waals surface area contributed by atoms with E-state index >= 15 is 0 Å². The molecule has 0 N–H and O–H groups in total. The predicted octanol–water partition coefficient (Wildman–Crippen LogP) is 4.15. The summed E-state index contributed by atoms with van der Waals surface area (Å²) >= 11 is 0. The van der Waals surface area contributed by atoms with Gasteiger partial charge in [0.05, 0.1) is 11.0 Å². The van der Waals surface area contributed by atoms with Gasteiger partial charge in [0.2, 0.25) is 0 Å². The summed E-state index contributed by atoms with van der Waals surface area (Å²) in [7, 11) is 0. The van der Waals surface area contributed by atoms with E-state index in [1.54, 1.807) is 6.07 Å². The molecular weight excluding hydrogens is 268 g/mol. The Morgan fingerprint density at radius 1 is 1.29 bits per heavy atom. The van der Waals surface area contributed by atoms with Gasteiger partial charge in [-0.05, 0) is 18.3 Å². The van der Waals surface area contributed by atoms with Crippen LogP contribution in [0.2, 0.25) is 0 Å². The van der Waals surface area contributed by atoms with Crippen LogP contribution < -0.4 is 4.74 Å². The molecule has 5 nitrogen and oxygen atoms in total. The molecule has 2 aromatic rings. The van der Waals surface area contributed by atoms with E-state index < -0.39 is 4.92 Å². The monoisotopic (exact) mass is 282 g/mol. The van der Waals surface area contributed by atoms with E-state index in [0.717, 1.165) is 5.56 Å². The van der Waals surface area contributed by atoms with Gasteiger partial charge in [0.1, 0.15) is 18.0 Å². The van der Waals surface area contributed by atoms with Crippen molar-refractivity contribution in [3.8, 4) is 5.75 Å². The maximum absolute atomic E-state index is 11.1. The summed E-state index contributed by atoms with van der Waals surface area (Å²) in [5, 5.41) is 11.1. The van der Waals surface area contributed by atoms with Gasteiger partial charge in [-0.2, -0.15) is 0 Å². The van der Waals surface area contributed by atoms with Gasteiger partial charge in [-0.25, -0.2) is 0 Å². The topological polar surface area (TPSA) is 64.7 Å². The summed E-state index contributed by atoms with van der Waals surface area (Å²) in [6.07, 6.45) is 1.49. The van der Waals surface area contributed by atoms with Crippen LogP contribution in [-0.2, 0) is 6.61 Å². The zero-order chi connectivity index (χ0) is 15.2. The molecule has 0 radical (unpaired) electrons. The zero-order valence-electron chi connectivity index (χ0n) is 11.4. The number of benzene rings is 2. The first-order valence-electron chi connectivity index (χ1n) is 6.24. The molecule has 0 saturated carbocycles. The van der Waals surface area contributed by atoms with Gasteiger partial charge in [-0.15, -0.1) is 0 Å². The predicted molar refractivity (Wildman–Crippen MR) is 83.2 cm³/mol. The number of hydrogen-bond donors (Lipinski definition) is 0. The molecule has 0 atom stereocenters. The zero-order valence-corrected chi connectivity index (χ0v) is 11.4. The summed E-state index contributed by atoms with van der Waals surface area (Å²) in [5.74, 6) is 0.396. The molecule has 2 rings (SSSR count). The Morgan fingerprint density at radius 3 is 2.57 bits per heavy atom. The van der Waals surface area contributed by atoms with Gasteiger partial charge in [-0.3, -0.25) is 15.1 Å². The summed E-state index contributed by atoms with van der Waals surface area (Å²) in [6, 6.07) is 12.6.